The summed E-state index contributed by atoms with van der Waals surface area (Å²) < 4.78 is 0. The van der Waals surface area contributed by atoms with Crippen LogP contribution in [-0.2, 0) is 0 Å². The lowest BCUT2D eigenvalue weighted by molar-refractivity contribution is 0.421. The molecule has 0 amide bonds. The summed E-state index contributed by atoms with van der Waals surface area (Å²) in [6.07, 6.45) is 1.41. The van der Waals surface area contributed by atoms with Gasteiger partial charge in [-0.05, 0) is 18.5 Å². The van der Waals surface area contributed by atoms with Gasteiger partial charge < -0.3 is 15.8 Å². The molecule has 0 aliphatic heterocycles. The van der Waals surface area contributed by atoms with Crippen LogP contribution in [0.5, 0.6) is 0 Å². The molecule has 0 fully saturated rings. The van der Waals surface area contributed by atoms with Crippen molar-refractivity contribution < 1.29 is 10.0 Å². The summed E-state index contributed by atoms with van der Waals surface area (Å²) in [4.78, 5) is 0. The lowest BCUT2D eigenvalue weighted by atomic mass is 9.80. The molecule has 0 saturated heterocycles. The SMILES string of the molecule is C=C(/C=C(\C)N)B(O)O. The molecule has 0 radical (unpaired) electrons. The van der Waals surface area contributed by atoms with Crippen LogP contribution in [0.3, 0.4) is 0 Å². The van der Waals surface area contributed by atoms with E-state index in [4.69, 9.17) is 15.8 Å². The zero-order chi connectivity index (χ0) is 7.44. The smallest absolute Gasteiger partial charge is 0.423 e. The largest absolute Gasteiger partial charge is 0.487 e. The van der Waals surface area contributed by atoms with Gasteiger partial charge in [-0.1, -0.05) is 6.58 Å². The Morgan fingerprint density at radius 1 is 1.67 bits per heavy atom. The Labute approximate surface area is 54.6 Å². The molecule has 4 N–H and O–H groups in total. The second-order valence-electron chi connectivity index (χ2n) is 1.84. The van der Waals surface area contributed by atoms with E-state index in [2.05, 4.69) is 6.58 Å². The average Bonchev–Trinajstić information content (AvgIpc) is 1.63. The van der Waals surface area contributed by atoms with Crippen molar-refractivity contribution in [3.8, 4) is 0 Å². The number of nitrogens with two attached hydrogens (primary N) is 1. The van der Waals surface area contributed by atoms with Gasteiger partial charge in [0.15, 0.2) is 0 Å². The van der Waals surface area contributed by atoms with Crippen molar-refractivity contribution in [2.24, 2.45) is 5.73 Å². The predicted octanol–water partition coefficient (Wildman–Crippen LogP) is -0.583. The topological polar surface area (TPSA) is 66.5 Å². The Morgan fingerprint density at radius 2 is 2.11 bits per heavy atom. The summed E-state index contributed by atoms with van der Waals surface area (Å²) >= 11 is 0. The van der Waals surface area contributed by atoms with Crippen LogP contribution in [0.4, 0.5) is 0 Å². The Morgan fingerprint density at radius 3 is 2.22 bits per heavy atom. The third-order valence-electron chi connectivity index (χ3n) is 0.745. The van der Waals surface area contributed by atoms with E-state index < -0.39 is 7.12 Å². The maximum atomic E-state index is 8.43. The number of hydrogen-bond acceptors (Lipinski definition) is 3. The highest BCUT2D eigenvalue weighted by molar-refractivity contribution is 6.51. The van der Waals surface area contributed by atoms with E-state index in [0.717, 1.165) is 0 Å². The lowest BCUT2D eigenvalue weighted by Gasteiger charge is -1.95. The number of rotatable bonds is 2. The van der Waals surface area contributed by atoms with Crippen molar-refractivity contribution in [3.05, 3.63) is 23.8 Å². The lowest BCUT2D eigenvalue weighted by Crippen LogP contribution is -2.13. The van der Waals surface area contributed by atoms with E-state index in [0.29, 0.717) is 5.70 Å². The van der Waals surface area contributed by atoms with Gasteiger partial charge in [-0.25, -0.2) is 0 Å². The molecule has 50 valence electrons. The first kappa shape index (κ1) is 8.26. The molecule has 0 spiro atoms. The molecule has 0 bridgehead atoms. The zero-order valence-electron chi connectivity index (χ0n) is 5.33. The second-order valence-corrected chi connectivity index (χ2v) is 1.84. The second kappa shape index (κ2) is 3.32. The molecule has 0 heterocycles. The van der Waals surface area contributed by atoms with Crippen LogP contribution < -0.4 is 5.73 Å². The fraction of sp³-hybridized carbons (Fsp3) is 0.200. The Hall–Kier alpha value is -0.735. The highest BCUT2D eigenvalue weighted by Gasteiger charge is 2.08. The first-order valence-electron chi connectivity index (χ1n) is 2.52. The normalized spacial score (nSPS) is 11.2. The number of hydrogen-bond donors (Lipinski definition) is 3. The molecule has 0 aromatic carbocycles. The van der Waals surface area contributed by atoms with E-state index in [-0.39, 0.29) is 5.47 Å². The predicted molar refractivity (Wildman–Crippen MR) is 37.3 cm³/mol. The van der Waals surface area contributed by atoms with Gasteiger partial charge in [0, 0.05) is 5.70 Å². The van der Waals surface area contributed by atoms with Gasteiger partial charge in [0.25, 0.3) is 0 Å². The first-order chi connectivity index (χ1) is 4.04. The van der Waals surface area contributed by atoms with Crippen molar-refractivity contribution in [2.45, 2.75) is 6.92 Å². The van der Waals surface area contributed by atoms with Crippen LogP contribution in [0.2, 0.25) is 0 Å². The molecular formula is C5H10BNO2. The molecule has 4 heteroatoms. The molecule has 9 heavy (non-hydrogen) atoms. The summed E-state index contributed by atoms with van der Waals surface area (Å²) in [5, 5.41) is 16.9. The van der Waals surface area contributed by atoms with Gasteiger partial charge in [-0.15, -0.1) is 0 Å². The highest BCUT2D eigenvalue weighted by atomic mass is 16.4. The van der Waals surface area contributed by atoms with E-state index in [1.165, 1.54) is 6.08 Å². The summed E-state index contributed by atoms with van der Waals surface area (Å²) in [6.45, 7) is 4.98. The third-order valence-corrected chi connectivity index (χ3v) is 0.745. The van der Waals surface area contributed by atoms with Crippen LogP contribution in [0.1, 0.15) is 6.92 Å². The highest BCUT2D eigenvalue weighted by Crippen LogP contribution is 1.95. The Balaban J connectivity index is 3.93. The third kappa shape index (κ3) is 3.82. The van der Waals surface area contributed by atoms with Crippen LogP contribution in [-0.4, -0.2) is 17.2 Å². The van der Waals surface area contributed by atoms with E-state index in [1.807, 2.05) is 0 Å². The van der Waals surface area contributed by atoms with Gasteiger partial charge in [0.05, 0.1) is 0 Å². The van der Waals surface area contributed by atoms with E-state index in [9.17, 15) is 0 Å². The Bertz CT molecular complexity index is 138. The summed E-state index contributed by atoms with van der Waals surface area (Å²) in [6, 6.07) is 0. The summed E-state index contributed by atoms with van der Waals surface area (Å²) in [5.41, 5.74) is 5.92. The molecule has 0 aliphatic rings. The van der Waals surface area contributed by atoms with Crippen molar-refractivity contribution in [3.63, 3.8) is 0 Å². The molecule has 0 rings (SSSR count). The molecule has 0 atom stereocenters. The average molecular weight is 127 g/mol. The maximum absolute atomic E-state index is 8.43. The van der Waals surface area contributed by atoms with Gasteiger partial charge in [0.1, 0.15) is 0 Å². The minimum Gasteiger partial charge on any atom is -0.423 e. The standard InChI is InChI=1S/C5H10BNO2/c1-4(6(8)9)3-5(2)7/h3,8-9H,1,7H2,2H3/b5-3+. The molecule has 0 aliphatic carbocycles. The summed E-state index contributed by atoms with van der Waals surface area (Å²) in [5.74, 6) is 0. The van der Waals surface area contributed by atoms with Crippen molar-refractivity contribution in [2.75, 3.05) is 0 Å². The monoisotopic (exact) mass is 127 g/mol. The number of allylic oxidation sites excluding steroid dienone is 3. The quantitative estimate of drug-likeness (QED) is 0.343. The van der Waals surface area contributed by atoms with Gasteiger partial charge in [-0.3, -0.25) is 0 Å². The molecular weight excluding hydrogens is 117 g/mol. The van der Waals surface area contributed by atoms with Crippen LogP contribution in [0.25, 0.3) is 0 Å². The maximum Gasteiger partial charge on any atom is 0.487 e. The molecule has 0 saturated carbocycles. The van der Waals surface area contributed by atoms with Gasteiger partial charge in [0.2, 0.25) is 0 Å². The van der Waals surface area contributed by atoms with Gasteiger partial charge >= 0.3 is 7.12 Å². The van der Waals surface area contributed by atoms with Crippen molar-refractivity contribution in [1.82, 2.24) is 0 Å². The Kier molecular flexibility index (Phi) is 3.05. The minimum absolute atomic E-state index is 0.204. The molecule has 0 aromatic rings. The minimum atomic E-state index is -1.50. The molecule has 0 aromatic heterocycles. The molecule has 3 nitrogen and oxygen atoms in total. The van der Waals surface area contributed by atoms with Crippen LogP contribution >= 0.6 is 0 Å². The van der Waals surface area contributed by atoms with Gasteiger partial charge in [-0.2, -0.15) is 0 Å². The van der Waals surface area contributed by atoms with E-state index in [1.54, 1.807) is 6.92 Å². The first-order valence-corrected chi connectivity index (χ1v) is 2.52. The van der Waals surface area contributed by atoms with Crippen molar-refractivity contribution >= 4 is 7.12 Å². The fourth-order valence-electron chi connectivity index (χ4n) is 0.367. The van der Waals surface area contributed by atoms with E-state index >= 15 is 0 Å². The zero-order valence-corrected chi connectivity index (χ0v) is 5.33. The van der Waals surface area contributed by atoms with Crippen LogP contribution in [0.15, 0.2) is 23.8 Å². The fourth-order valence-corrected chi connectivity index (χ4v) is 0.367. The summed E-state index contributed by atoms with van der Waals surface area (Å²) in [7, 11) is -1.50. The molecule has 0 unspecified atom stereocenters. The van der Waals surface area contributed by atoms with Crippen molar-refractivity contribution in [1.29, 1.82) is 0 Å². The van der Waals surface area contributed by atoms with Crippen LogP contribution in [0, 0.1) is 0 Å².